The topological polar surface area (TPSA) is 98.2 Å². The molecule has 0 atom stereocenters. The molecule has 0 amide bonds. The summed E-state index contributed by atoms with van der Waals surface area (Å²) in [6, 6.07) is 3.13. The molecular formula is C12H14FN3O3S. The number of nitrogens with two attached hydrogens (primary N) is 1. The molecule has 0 radical (unpaired) electrons. The quantitative estimate of drug-likeness (QED) is 0.833. The summed E-state index contributed by atoms with van der Waals surface area (Å²) in [4.78, 5) is -0.161. The molecule has 1 aromatic carbocycles. The zero-order valence-electron chi connectivity index (χ0n) is 11.0. The van der Waals surface area contributed by atoms with Gasteiger partial charge >= 0.3 is 0 Å². The fraction of sp³-hybridized carbons (Fsp3) is 0.250. The summed E-state index contributed by atoms with van der Waals surface area (Å²) in [6.45, 7) is 3.43. The molecular weight excluding hydrogens is 285 g/mol. The van der Waals surface area contributed by atoms with Crippen molar-refractivity contribution in [3.05, 3.63) is 41.0 Å². The van der Waals surface area contributed by atoms with Gasteiger partial charge in [-0.15, -0.1) is 0 Å². The molecule has 108 valence electrons. The third-order valence-electron chi connectivity index (χ3n) is 2.88. The highest BCUT2D eigenvalue weighted by Gasteiger charge is 2.19. The molecule has 0 aliphatic rings. The van der Waals surface area contributed by atoms with Crippen molar-refractivity contribution in [3.63, 3.8) is 0 Å². The van der Waals surface area contributed by atoms with Gasteiger partial charge in [0.15, 0.2) is 0 Å². The van der Waals surface area contributed by atoms with Gasteiger partial charge in [-0.2, -0.15) is 0 Å². The Morgan fingerprint density at radius 2 is 2.10 bits per heavy atom. The summed E-state index contributed by atoms with van der Waals surface area (Å²) < 4.78 is 44.5. The highest BCUT2D eigenvalue weighted by Crippen LogP contribution is 2.20. The van der Waals surface area contributed by atoms with Crippen molar-refractivity contribution < 1.29 is 17.3 Å². The molecule has 6 nitrogen and oxygen atoms in total. The predicted octanol–water partition coefficient (Wildman–Crippen LogP) is 1.49. The SMILES string of the molecule is Cc1noc(C)c1CNS(=O)(=O)c1ccc(F)cc1N. The summed E-state index contributed by atoms with van der Waals surface area (Å²) in [5.74, 6) is -0.0514. The Bertz CT molecular complexity index is 721. The van der Waals surface area contributed by atoms with Crippen LogP contribution in [0, 0.1) is 19.7 Å². The lowest BCUT2D eigenvalue weighted by atomic mass is 10.2. The number of hydrogen-bond donors (Lipinski definition) is 2. The Morgan fingerprint density at radius 1 is 1.40 bits per heavy atom. The minimum Gasteiger partial charge on any atom is -0.398 e. The van der Waals surface area contributed by atoms with E-state index in [1.54, 1.807) is 13.8 Å². The van der Waals surface area contributed by atoms with Gasteiger partial charge in [-0.05, 0) is 32.0 Å². The summed E-state index contributed by atoms with van der Waals surface area (Å²) in [6.07, 6.45) is 0. The number of aromatic nitrogens is 1. The average molecular weight is 299 g/mol. The molecule has 0 aliphatic heterocycles. The normalized spacial score (nSPS) is 11.8. The van der Waals surface area contributed by atoms with Gasteiger partial charge < -0.3 is 10.3 Å². The van der Waals surface area contributed by atoms with Gasteiger partial charge in [0.1, 0.15) is 16.5 Å². The van der Waals surface area contributed by atoms with Gasteiger partial charge in [0.25, 0.3) is 0 Å². The van der Waals surface area contributed by atoms with Crippen LogP contribution in [0.1, 0.15) is 17.0 Å². The Hall–Kier alpha value is -1.93. The lowest BCUT2D eigenvalue weighted by Crippen LogP contribution is -2.24. The number of halogens is 1. The summed E-state index contributed by atoms with van der Waals surface area (Å²) in [5, 5.41) is 3.73. The Morgan fingerprint density at radius 3 is 2.65 bits per heavy atom. The maximum Gasteiger partial charge on any atom is 0.242 e. The van der Waals surface area contributed by atoms with Crippen molar-refractivity contribution in [1.82, 2.24) is 9.88 Å². The van der Waals surface area contributed by atoms with E-state index < -0.39 is 15.8 Å². The van der Waals surface area contributed by atoms with Crippen molar-refractivity contribution in [2.45, 2.75) is 25.3 Å². The second-order valence-corrected chi connectivity index (χ2v) is 6.04. The first kappa shape index (κ1) is 14.5. The van der Waals surface area contributed by atoms with Crippen LogP contribution >= 0.6 is 0 Å². The number of hydrogen-bond acceptors (Lipinski definition) is 5. The second-order valence-electron chi connectivity index (χ2n) is 4.31. The summed E-state index contributed by atoms with van der Waals surface area (Å²) >= 11 is 0. The highest BCUT2D eigenvalue weighted by molar-refractivity contribution is 7.89. The smallest absolute Gasteiger partial charge is 0.242 e. The molecule has 1 heterocycles. The fourth-order valence-corrected chi connectivity index (χ4v) is 2.87. The van der Waals surface area contributed by atoms with E-state index in [4.69, 9.17) is 10.3 Å². The van der Waals surface area contributed by atoms with Gasteiger partial charge in [0, 0.05) is 12.1 Å². The first-order chi connectivity index (χ1) is 9.31. The maximum absolute atomic E-state index is 12.9. The van der Waals surface area contributed by atoms with E-state index in [9.17, 15) is 12.8 Å². The Labute approximate surface area is 115 Å². The van der Waals surface area contributed by atoms with Crippen LogP contribution < -0.4 is 10.5 Å². The molecule has 0 aliphatic carbocycles. The van der Waals surface area contributed by atoms with E-state index in [1.807, 2.05) is 0 Å². The monoisotopic (exact) mass is 299 g/mol. The number of nitrogens with one attached hydrogen (secondary N) is 1. The van der Waals surface area contributed by atoms with Crippen molar-refractivity contribution in [3.8, 4) is 0 Å². The summed E-state index contributed by atoms with van der Waals surface area (Å²) in [7, 11) is -3.83. The number of benzene rings is 1. The van der Waals surface area contributed by atoms with E-state index in [0.29, 0.717) is 17.0 Å². The minimum absolute atomic E-state index is 0.0281. The molecule has 2 aromatic rings. The van der Waals surface area contributed by atoms with Crippen LogP contribution in [0.25, 0.3) is 0 Å². The number of rotatable bonds is 4. The van der Waals surface area contributed by atoms with Gasteiger partial charge in [-0.1, -0.05) is 5.16 Å². The van der Waals surface area contributed by atoms with Crippen LogP contribution in [0.5, 0.6) is 0 Å². The number of sulfonamides is 1. The molecule has 8 heteroatoms. The van der Waals surface area contributed by atoms with Crippen molar-refractivity contribution in [1.29, 1.82) is 0 Å². The Balaban J connectivity index is 2.24. The van der Waals surface area contributed by atoms with Crippen LogP contribution in [-0.4, -0.2) is 13.6 Å². The summed E-state index contributed by atoms with van der Waals surface area (Å²) in [5.41, 5.74) is 6.65. The minimum atomic E-state index is -3.83. The predicted molar refractivity (Wildman–Crippen MR) is 70.8 cm³/mol. The third-order valence-corrected chi connectivity index (χ3v) is 4.36. The van der Waals surface area contributed by atoms with E-state index in [-0.39, 0.29) is 17.1 Å². The molecule has 2 rings (SSSR count). The van der Waals surface area contributed by atoms with Crippen molar-refractivity contribution >= 4 is 15.7 Å². The number of anilines is 1. The standard InChI is InChI=1S/C12H14FN3O3S/c1-7-10(8(2)19-16-7)6-15-20(17,18)12-4-3-9(13)5-11(12)14/h3-5,15H,6,14H2,1-2H3. The van der Waals surface area contributed by atoms with Crippen LogP contribution in [0.2, 0.25) is 0 Å². The van der Waals surface area contributed by atoms with Gasteiger partial charge in [-0.3, -0.25) is 0 Å². The molecule has 1 aromatic heterocycles. The molecule has 0 spiro atoms. The zero-order chi connectivity index (χ0) is 14.9. The lowest BCUT2D eigenvalue weighted by molar-refractivity contribution is 0.392. The first-order valence-corrected chi connectivity index (χ1v) is 7.26. The van der Waals surface area contributed by atoms with Crippen molar-refractivity contribution in [2.24, 2.45) is 0 Å². The molecule has 0 saturated heterocycles. The fourth-order valence-electron chi connectivity index (χ4n) is 1.76. The average Bonchev–Trinajstić information content (AvgIpc) is 2.66. The molecule has 0 bridgehead atoms. The second kappa shape index (κ2) is 5.22. The zero-order valence-corrected chi connectivity index (χ0v) is 11.8. The molecule has 0 saturated carbocycles. The van der Waals surface area contributed by atoms with E-state index in [1.165, 1.54) is 0 Å². The van der Waals surface area contributed by atoms with Crippen LogP contribution in [-0.2, 0) is 16.6 Å². The molecule has 0 unspecified atom stereocenters. The molecule has 0 fully saturated rings. The highest BCUT2D eigenvalue weighted by atomic mass is 32.2. The van der Waals surface area contributed by atoms with Crippen LogP contribution in [0.3, 0.4) is 0 Å². The van der Waals surface area contributed by atoms with Crippen LogP contribution in [0.15, 0.2) is 27.6 Å². The van der Waals surface area contributed by atoms with E-state index >= 15 is 0 Å². The first-order valence-electron chi connectivity index (χ1n) is 5.77. The maximum atomic E-state index is 12.9. The largest absolute Gasteiger partial charge is 0.398 e. The number of nitrogens with zero attached hydrogens (tertiary/aromatic N) is 1. The van der Waals surface area contributed by atoms with E-state index in [0.717, 1.165) is 18.2 Å². The number of aryl methyl sites for hydroxylation is 2. The van der Waals surface area contributed by atoms with Gasteiger partial charge in [-0.25, -0.2) is 17.5 Å². The molecule has 3 N–H and O–H groups in total. The van der Waals surface area contributed by atoms with E-state index in [2.05, 4.69) is 9.88 Å². The van der Waals surface area contributed by atoms with Gasteiger partial charge in [0.05, 0.1) is 11.4 Å². The molecule has 20 heavy (non-hydrogen) atoms. The van der Waals surface area contributed by atoms with Gasteiger partial charge in [0.2, 0.25) is 10.0 Å². The Kier molecular flexibility index (Phi) is 3.78. The van der Waals surface area contributed by atoms with Crippen LogP contribution in [0.4, 0.5) is 10.1 Å². The van der Waals surface area contributed by atoms with Crippen molar-refractivity contribution in [2.75, 3.05) is 5.73 Å². The lowest BCUT2D eigenvalue weighted by Gasteiger charge is -2.09. The number of nitrogen functional groups attached to an aromatic ring is 1. The third kappa shape index (κ3) is 2.81.